The molecule has 1 saturated carbocycles. The van der Waals surface area contributed by atoms with E-state index in [1.807, 2.05) is 0 Å². The summed E-state index contributed by atoms with van der Waals surface area (Å²) in [6.45, 7) is 12.3. The van der Waals surface area contributed by atoms with E-state index >= 15 is 0 Å². The Hall–Kier alpha value is -0.120. The van der Waals surface area contributed by atoms with E-state index in [0.717, 1.165) is 24.3 Å². The van der Waals surface area contributed by atoms with Gasteiger partial charge >= 0.3 is 0 Å². The summed E-state index contributed by atoms with van der Waals surface area (Å²) in [5.74, 6) is 3.06. The van der Waals surface area contributed by atoms with Crippen LogP contribution in [0.4, 0.5) is 0 Å². The number of aliphatic hydroxyl groups excluding tert-OH is 1. The van der Waals surface area contributed by atoms with Crippen molar-refractivity contribution in [2.45, 2.75) is 58.9 Å². The molecular formula is C18H36N2O. The summed E-state index contributed by atoms with van der Waals surface area (Å²) in [6, 6.07) is 0.708. The van der Waals surface area contributed by atoms with Gasteiger partial charge < -0.3 is 15.3 Å². The predicted octanol–water partition coefficient (Wildman–Crippen LogP) is 2.74. The minimum atomic E-state index is 0.381. The molecule has 4 atom stereocenters. The van der Waals surface area contributed by atoms with E-state index in [1.165, 1.54) is 51.7 Å². The Morgan fingerprint density at radius 2 is 1.86 bits per heavy atom. The number of piperidine rings is 1. The van der Waals surface area contributed by atoms with Crippen molar-refractivity contribution in [1.82, 2.24) is 10.2 Å². The average Bonchev–Trinajstić information content (AvgIpc) is 2.48. The maximum absolute atomic E-state index is 9.28. The Morgan fingerprint density at radius 3 is 2.48 bits per heavy atom. The Bertz CT molecular complexity index is 289. The molecule has 21 heavy (non-hydrogen) atoms. The van der Waals surface area contributed by atoms with Gasteiger partial charge in [-0.1, -0.05) is 20.8 Å². The fourth-order valence-corrected chi connectivity index (χ4v) is 4.43. The molecule has 0 amide bonds. The van der Waals surface area contributed by atoms with E-state index in [4.69, 9.17) is 0 Å². The van der Waals surface area contributed by atoms with Crippen LogP contribution in [0.1, 0.15) is 52.9 Å². The third-order valence-electron chi connectivity index (χ3n) is 5.77. The molecule has 0 aromatic rings. The fraction of sp³-hybridized carbons (Fsp3) is 1.00. The van der Waals surface area contributed by atoms with E-state index in [-0.39, 0.29) is 0 Å². The number of hydrogen-bond donors (Lipinski definition) is 2. The van der Waals surface area contributed by atoms with E-state index in [2.05, 4.69) is 31.0 Å². The molecule has 1 aliphatic heterocycles. The van der Waals surface area contributed by atoms with Gasteiger partial charge in [-0.25, -0.2) is 0 Å². The van der Waals surface area contributed by atoms with Gasteiger partial charge in [0, 0.05) is 19.2 Å². The molecule has 2 rings (SSSR count). The van der Waals surface area contributed by atoms with Gasteiger partial charge in [-0.3, -0.25) is 0 Å². The summed E-state index contributed by atoms with van der Waals surface area (Å²) in [7, 11) is 0. The van der Waals surface area contributed by atoms with Gasteiger partial charge in [0.05, 0.1) is 0 Å². The molecule has 4 unspecified atom stereocenters. The number of hydrogen-bond acceptors (Lipinski definition) is 3. The molecule has 2 fully saturated rings. The molecule has 2 N–H and O–H groups in total. The third kappa shape index (κ3) is 4.94. The fourth-order valence-electron chi connectivity index (χ4n) is 4.43. The van der Waals surface area contributed by atoms with Crippen LogP contribution in [0.15, 0.2) is 0 Å². The van der Waals surface area contributed by atoms with Crippen molar-refractivity contribution >= 4 is 0 Å². The van der Waals surface area contributed by atoms with Crippen LogP contribution >= 0.6 is 0 Å². The molecule has 0 aromatic heterocycles. The van der Waals surface area contributed by atoms with Crippen molar-refractivity contribution in [2.75, 3.05) is 32.8 Å². The standard InChI is InChI=1S/C18H36N2O/c1-4-7-19-18-11-14(2)10-15(3)17(18)12-20-8-5-16(13-21)6-9-20/h14-19,21H,4-13H2,1-3H3. The van der Waals surface area contributed by atoms with Crippen molar-refractivity contribution in [1.29, 1.82) is 0 Å². The molecule has 0 spiro atoms. The zero-order valence-electron chi connectivity index (χ0n) is 14.4. The quantitative estimate of drug-likeness (QED) is 0.791. The third-order valence-corrected chi connectivity index (χ3v) is 5.77. The SMILES string of the molecule is CCCNC1CC(C)CC(C)C1CN1CCC(CO)CC1. The summed E-state index contributed by atoms with van der Waals surface area (Å²) < 4.78 is 0. The first kappa shape index (κ1) is 17.2. The lowest BCUT2D eigenvalue weighted by atomic mass is 9.72. The van der Waals surface area contributed by atoms with E-state index in [0.29, 0.717) is 18.6 Å². The van der Waals surface area contributed by atoms with Crippen molar-refractivity contribution in [2.24, 2.45) is 23.7 Å². The average molecular weight is 296 g/mol. The smallest absolute Gasteiger partial charge is 0.0460 e. The van der Waals surface area contributed by atoms with Crippen LogP contribution in [0.25, 0.3) is 0 Å². The van der Waals surface area contributed by atoms with Gasteiger partial charge in [-0.05, 0) is 75.4 Å². The van der Waals surface area contributed by atoms with Crippen LogP contribution in [0.2, 0.25) is 0 Å². The second-order valence-corrected chi connectivity index (χ2v) is 7.70. The van der Waals surface area contributed by atoms with Crippen LogP contribution in [0.5, 0.6) is 0 Å². The van der Waals surface area contributed by atoms with Gasteiger partial charge in [0.1, 0.15) is 0 Å². The maximum atomic E-state index is 9.28. The Labute approximate surface area is 131 Å². The minimum Gasteiger partial charge on any atom is -0.396 e. The van der Waals surface area contributed by atoms with Crippen LogP contribution in [0, 0.1) is 23.7 Å². The molecule has 2 aliphatic rings. The van der Waals surface area contributed by atoms with E-state index in [9.17, 15) is 5.11 Å². The summed E-state index contributed by atoms with van der Waals surface area (Å²) in [6.07, 6.45) is 6.33. The lowest BCUT2D eigenvalue weighted by Crippen LogP contribution is -2.50. The summed E-state index contributed by atoms with van der Waals surface area (Å²) in [5, 5.41) is 13.1. The van der Waals surface area contributed by atoms with E-state index < -0.39 is 0 Å². The molecule has 0 radical (unpaired) electrons. The second-order valence-electron chi connectivity index (χ2n) is 7.70. The molecule has 124 valence electrons. The maximum Gasteiger partial charge on any atom is 0.0460 e. The highest BCUT2D eigenvalue weighted by Crippen LogP contribution is 2.35. The normalized spacial score (nSPS) is 36.0. The lowest BCUT2D eigenvalue weighted by molar-refractivity contribution is 0.0715. The first-order valence-electron chi connectivity index (χ1n) is 9.20. The predicted molar refractivity (Wildman–Crippen MR) is 89.4 cm³/mol. The summed E-state index contributed by atoms with van der Waals surface area (Å²) >= 11 is 0. The Kier molecular flexibility index (Phi) is 6.97. The molecule has 1 aliphatic carbocycles. The van der Waals surface area contributed by atoms with Gasteiger partial charge in [0.15, 0.2) is 0 Å². The number of likely N-dealkylation sites (tertiary alicyclic amines) is 1. The van der Waals surface area contributed by atoms with Gasteiger partial charge in [0.2, 0.25) is 0 Å². The first-order valence-corrected chi connectivity index (χ1v) is 9.20. The number of aliphatic hydroxyl groups is 1. The molecule has 1 heterocycles. The molecule has 3 nitrogen and oxygen atoms in total. The Balaban J connectivity index is 1.88. The molecular weight excluding hydrogens is 260 g/mol. The van der Waals surface area contributed by atoms with Gasteiger partial charge in [0.25, 0.3) is 0 Å². The Morgan fingerprint density at radius 1 is 1.14 bits per heavy atom. The number of nitrogens with zero attached hydrogens (tertiary/aromatic N) is 1. The summed E-state index contributed by atoms with van der Waals surface area (Å²) in [4.78, 5) is 2.66. The number of rotatable bonds is 6. The highest BCUT2D eigenvalue weighted by Gasteiger charge is 2.35. The highest BCUT2D eigenvalue weighted by molar-refractivity contribution is 4.90. The van der Waals surface area contributed by atoms with Crippen LogP contribution < -0.4 is 5.32 Å². The first-order chi connectivity index (χ1) is 10.1. The summed E-state index contributed by atoms with van der Waals surface area (Å²) in [5.41, 5.74) is 0. The zero-order chi connectivity index (χ0) is 15.2. The van der Waals surface area contributed by atoms with Crippen LogP contribution in [0.3, 0.4) is 0 Å². The minimum absolute atomic E-state index is 0.381. The van der Waals surface area contributed by atoms with Crippen molar-refractivity contribution in [3.8, 4) is 0 Å². The van der Waals surface area contributed by atoms with Crippen LogP contribution in [-0.4, -0.2) is 48.8 Å². The molecule has 0 bridgehead atoms. The molecule has 3 heteroatoms. The van der Waals surface area contributed by atoms with Crippen molar-refractivity contribution < 1.29 is 5.11 Å². The molecule has 0 aromatic carbocycles. The number of nitrogens with one attached hydrogen (secondary N) is 1. The van der Waals surface area contributed by atoms with E-state index in [1.54, 1.807) is 0 Å². The van der Waals surface area contributed by atoms with Crippen molar-refractivity contribution in [3.05, 3.63) is 0 Å². The monoisotopic (exact) mass is 296 g/mol. The van der Waals surface area contributed by atoms with Gasteiger partial charge in [-0.2, -0.15) is 0 Å². The largest absolute Gasteiger partial charge is 0.396 e. The van der Waals surface area contributed by atoms with Crippen molar-refractivity contribution in [3.63, 3.8) is 0 Å². The molecule has 1 saturated heterocycles. The van der Waals surface area contributed by atoms with Crippen LogP contribution in [-0.2, 0) is 0 Å². The second kappa shape index (κ2) is 8.50. The highest BCUT2D eigenvalue weighted by atomic mass is 16.3. The van der Waals surface area contributed by atoms with Gasteiger partial charge in [-0.15, -0.1) is 0 Å². The topological polar surface area (TPSA) is 35.5 Å². The zero-order valence-corrected chi connectivity index (χ0v) is 14.4. The lowest BCUT2D eigenvalue weighted by Gasteiger charge is -2.43.